The highest BCUT2D eigenvalue weighted by molar-refractivity contribution is 7.15. The Labute approximate surface area is 231 Å². The van der Waals surface area contributed by atoms with Crippen LogP contribution in [0, 0.1) is 5.92 Å². The van der Waals surface area contributed by atoms with E-state index in [4.69, 9.17) is 5.73 Å². The van der Waals surface area contributed by atoms with Crippen LogP contribution in [0.2, 0.25) is 0 Å². The molecule has 2 aliphatic rings. The quantitative estimate of drug-likeness (QED) is 0.324. The average Bonchev–Trinajstić information content (AvgIpc) is 3.32. The Morgan fingerprint density at radius 2 is 1.74 bits per heavy atom. The molecule has 5 rings (SSSR count). The first-order valence-corrected chi connectivity index (χ1v) is 15.3. The molecule has 3 aromatic rings. The van der Waals surface area contributed by atoms with E-state index in [0.717, 1.165) is 42.3 Å². The minimum Gasteiger partial charge on any atom is -0.375 e. The Kier molecular flexibility index (Phi) is 9.13. The lowest BCUT2D eigenvalue weighted by molar-refractivity contribution is -0.121. The first kappa shape index (κ1) is 26.9. The van der Waals surface area contributed by atoms with Crippen LogP contribution >= 0.6 is 11.3 Å². The van der Waals surface area contributed by atoms with Gasteiger partial charge in [-0.1, -0.05) is 61.5 Å². The normalized spacial score (nSPS) is 21.3. The number of benzene rings is 2. The second-order valence-electron chi connectivity index (χ2n) is 11.2. The van der Waals surface area contributed by atoms with E-state index in [9.17, 15) is 4.79 Å². The summed E-state index contributed by atoms with van der Waals surface area (Å²) >= 11 is 1.69. The average molecular weight is 531 g/mol. The van der Waals surface area contributed by atoms with Gasteiger partial charge < -0.3 is 16.0 Å². The minimum atomic E-state index is 0.149. The van der Waals surface area contributed by atoms with Crippen molar-refractivity contribution in [1.29, 1.82) is 0 Å². The number of carbonyl (C=O) groups is 1. The molecule has 0 saturated heterocycles. The van der Waals surface area contributed by atoms with Crippen LogP contribution < -0.4 is 11.1 Å². The van der Waals surface area contributed by atoms with Gasteiger partial charge in [0.05, 0.1) is 12.1 Å². The van der Waals surface area contributed by atoms with Crippen molar-refractivity contribution in [2.45, 2.75) is 83.2 Å². The van der Waals surface area contributed by atoms with E-state index in [-0.39, 0.29) is 5.91 Å². The standard InChI is InChI=1S/C32H42N4OS/c1-2-19-36(28-16-17-29-30(22-28)38-32(33)35-29)20-18-23-10-14-27(15-11-23)34-31(37)21-24-8-12-26(13-9-24)25-6-4-3-5-7-25/h3-9,12-13,23,27-28H,2,10-11,14-22H2,1H3,(H2,33,35)(H,34,37)/t23?,27?,28-/m0/s1. The Hall–Kier alpha value is -2.70. The molecule has 202 valence electrons. The van der Waals surface area contributed by atoms with Gasteiger partial charge in [0.1, 0.15) is 0 Å². The number of nitrogens with two attached hydrogens (primary N) is 1. The van der Waals surface area contributed by atoms with Crippen molar-refractivity contribution in [1.82, 2.24) is 15.2 Å². The zero-order valence-electron chi connectivity index (χ0n) is 22.7. The molecule has 5 nitrogen and oxygen atoms in total. The number of aryl methyl sites for hydroxylation is 1. The Balaban J connectivity index is 1.04. The molecule has 0 bridgehead atoms. The first-order chi connectivity index (χ1) is 18.6. The largest absolute Gasteiger partial charge is 0.375 e. The molecule has 0 radical (unpaired) electrons. The smallest absolute Gasteiger partial charge is 0.224 e. The molecule has 0 aliphatic heterocycles. The molecule has 0 unspecified atom stereocenters. The molecule has 2 aliphatic carbocycles. The van der Waals surface area contributed by atoms with E-state index < -0.39 is 0 Å². The molecule has 38 heavy (non-hydrogen) atoms. The van der Waals surface area contributed by atoms with Crippen LogP contribution in [0.15, 0.2) is 54.6 Å². The maximum absolute atomic E-state index is 12.7. The van der Waals surface area contributed by atoms with Crippen LogP contribution in [-0.2, 0) is 24.1 Å². The lowest BCUT2D eigenvalue weighted by Crippen LogP contribution is -2.41. The van der Waals surface area contributed by atoms with Crippen LogP contribution in [0.25, 0.3) is 11.1 Å². The van der Waals surface area contributed by atoms with Crippen molar-refractivity contribution in [2.75, 3.05) is 18.8 Å². The molecule has 1 atom stereocenters. The Morgan fingerprint density at radius 1 is 1.00 bits per heavy atom. The number of amides is 1. The Bertz CT molecular complexity index is 1170. The van der Waals surface area contributed by atoms with Crippen molar-refractivity contribution in [3.05, 3.63) is 70.7 Å². The molecule has 1 heterocycles. The summed E-state index contributed by atoms with van der Waals surface area (Å²) in [6.07, 6.45) is 10.9. The lowest BCUT2D eigenvalue weighted by atomic mass is 9.83. The molecule has 3 N–H and O–H groups in total. The van der Waals surface area contributed by atoms with Crippen molar-refractivity contribution in [3.63, 3.8) is 0 Å². The molecular weight excluding hydrogens is 488 g/mol. The van der Waals surface area contributed by atoms with E-state index in [1.165, 1.54) is 66.9 Å². The molecule has 6 heteroatoms. The fourth-order valence-corrected chi connectivity index (χ4v) is 7.26. The second-order valence-corrected chi connectivity index (χ2v) is 12.3. The summed E-state index contributed by atoms with van der Waals surface area (Å²) in [6, 6.07) is 19.7. The number of nitrogen functional groups attached to an aromatic ring is 1. The van der Waals surface area contributed by atoms with Gasteiger partial charge in [-0.3, -0.25) is 4.79 Å². The summed E-state index contributed by atoms with van der Waals surface area (Å²) in [6.45, 7) is 4.65. The molecular formula is C32H42N4OS. The fraction of sp³-hybridized carbons (Fsp3) is 0.500. The minimum absolute atomic E-state index is 0.149. The topological polar surface area (TPSA) is 71.2 Å². The van der Waals surface area contributed by atoms with E-state index in [1.54, 1.807) is 11.3 Å². The third kappa shape index (κ3) is 7.03. The number of carbonyl (C=O) groups excluding carboxylic acids is 1. The van der Waals surface area contributed by atoms with E-state index in [1.807, 2.05) is 6.07 Å². The van der Waals surface area contributed by atoms with Crippen molar-refractivity contribution in [3.8, 4) is 11.1 Å². The summed E-state index contributed by atoms with van der Waals surface area (Å²) in [5.74, 6) is 0.918. The van der Waals surface area contributed by atoms with Gasteiger partial charge in [0.2, 0.25) is 5.91 Å². The monoisotopic (exact) mass is 530 g/mol. The van der Waals surface area contributed by atoms with Gasteiger partial charge in [0.25, 0.3) is 0 Å². The number of hydrogen-bond donors (Lipinski definition) is 2. The zero-order chi connectivity index (χ0) is 26.3. The van der Waals surface area contributed by atoms with Crippen molar-refractivity contribution >= 4 is 22.4 Å². The molecule has 2 aromatic carbocycles. The zero-order valence-corrected chi connectivity index (χ0v) is 23.5. The van der Waals surface area contributed by atoms with Crippen LogP contribution in [0.5, 0.6) is 0 Å². The van der Waals surface area contributed by atoms with Crippen LogP contribution in [0.1, 0.15) is 68.0 Å². The number of aromatic nitrogens is 1. The van der Waals surface area contributed by atoms with Crippen LogP contribution in [-0.4, -0.2) is 41.0 Å². The highest BCUT2D eigenvalue weighted by Gasteiger charge is 2.28. The fourth-order valence-electron chi connectivity index (χ4n) is 6.31. The highest BCUT2D eigenvalue weighted by Crippen LogP contribution is 2.32. The van der Waals surface area contributed by atoms with E-state index in [2.05, 4.69) is 70.7 Å². The SMILES string of the molecule is CCCN(CCC1CCC(NC(=O)Cc2ccc(-c3ccccc3)cc2)CC1)[C@H]1CCc2nc(N)sc2C1. The number of nitrogens with one attached hydrogen (secondary N) is 1. The first-order valence-electron chi connectivity index (χ1n) is 14.5. The van der Waals surface area contributed by atoms with Crippen molar-refractivity contribution in [2.24, 2.45) is 5.92 Å². The van der Waals surface area contributed by atoms with Crippen molar-refractivity contribution < 1.29 is 4.79 Å². The number of hydrogen-bond acceptors (Lipinski definition) is 5. The maximum Gasteiger partial charge on any atom is 0.224 e. The predicted molar refractivity (Wildman–Crippen MR) is 158 cm³/mol. The number of anilines is 1. The van der Waals surface area contributed by atoms with Gasteiger partial charge in [0, 0.05) is 17.0 Å². The highest BCUT2D eigenvalue weighted by atomic mass is 32.1. The van der Waals surface area contributed by atoms with Gasteiger partial charge in [-0.25, -0.2) is 4.98 Å². The number of thiazole rings is 1. The third-order valence-corrected chi connectivity index (χ3v) is 9.37. The molecule has 0 spiro atoms. The summed E-state index contributed by atoms with van der Waals surface area (Å²) in [4.78, 5) is 21.4. The summed E-state index contributed by atoms with van der Waals surface area (Å²) < 4.78 is 0. The Morgan fingerprint density at radius 3 is 2.47 bits per heavy atom. The van der Waals surface area contributed by atoms with Gasteiger partial charge in [-0.05, 0) is 93.5 Å². The van der Waals surface area contributed by atoms with Crippen LogP contribution in [0.3, 0.4) is 0 Å². The van der Waals surface area contributed by atoms with Gasteiger partial charge in [-0.2, -0.15) is 0 Å². The summed E-state index contributed by atoms with van der Waals surface area (Å²) in [5, 5.41) is 4.04. The number of fused-ring (bicyclic) bond motifs is 1. The molecule has 1 amide bonds. The third-order valence-electron chi connectivity index (χ3n) is 8.42. The molecule has 1 fully saturated rings. The van der Waals surface area contributed by atoms with Gasteiger partial charge in [0.15, 0.2) is 5.13 Å². The lowest BCUT2D eigenvalue weighted by Gasteiger charge is -2.36. The van der Waals surface area contributed by atoms with Gasteiger partial charge in [-0.15, -0.1) is 11.3 Å². The predicted octanol–water partition coefficient (Wildman–Crippen LogP) is 6.27. The number of rotatable bonds is 10. The van der Waals surface area contributed by atoms with Crippen LogP contribution in [0.4, 0.5) is 5.13 Å². The van der Waals surface area contributed by atoms with Gasteiger partial charge >= 0.3 is 0 Å². The van der Waals surface area contributed by atoms with E-state index in [0.29, 0.717) is 18.5 Å². The second kappa shape index (κ2) is 12.9. The number of nitrogens with zero attached hydrogens (tertiary/aromatic N) is 2. The summed E-state index contributed by atoms with van der Waals surface area (Å²) in [7, 11) is 0. The summed E-state index contributed by atoms with van der Waals surface area (Å²) in [5.41, 5.74) is 10.7. The molecule has 1 saturated carbocycles. The molecule has 1 aromatic heterocycles. The van der Waals surface area contributed by atoms with E-state index >= 15 is 0 Å². The maximum atomic E-state index is 12.7.